The van der Waals surface area contributed by atoms with Gasteiger partial charge in [0.25, 0.3) is 0 Å². The Morgan fingerprint density at radius 2 is 1.96 bits per heavy atom. The second kappa shape index (κ2) is 7.53. The third kappa shape index (κ3) is 3.91. The summed E-state index contributed by atoms with van der Waals surface area (Å²) in [6.45, 7) is 2.12. The van der Waals surface area contributed by atoms with Crippen LogP contribution in [0.2, 0.25) is 0 Å². The molecule has 0 unspecified atom stereocenters. The summed E-state index contributed by atoms with van der Waals surface area (Å²) in [5.41, 5.74) is 2.09. The molecule has 1 aromatic heterocycles. The topological polar surface area (TPSA) is 61.6 Å². The summed E-state index contributed by atoms with van der Waals surface area (Å²) in [6, 6.07) is 14.7. The van der Waals surface area contributed by atoms with Crippen molar-refractivity contribution in [2.24, 2.45) is 0 Å². The quantitative estimate of drug-likeness (QED) is 0.575. The lowest BCUT2D eigenvalue weighted by molar-refractivity contribution is 0.0600. The molecule has 0 amide bonds. The van der Waals surface area contributed by atoms with Crippen LogP contribution in [0, 0.1) is 6.92 Å². The molecule has 0 aliphatic carbocycles. The summed E-state index contributed by atoms with van der Waals surface area (Å²) in [5.74, 6) is 1.49. The minimum Gasteiger partial charge on any atom is -0.486 e. The summed E-state index contributed by atoms with van der Waals surface area (Å²) in [7, 11) is 1.35. The molecule has 0 aliphatic heterocycles. The monoisotopic (exact) mass is 401 g/mol. The van der Waals surface area contributed by atoms with Crippen molar-refractivity contribution < 1.29 is 18.7 Å². The molecule has 0 saturated heterocycles. The largest absolute Gasteiger partial charge is 0.486 e. The molecule has 1 heterocycles. The van der Waals surface area contributed by atoms with Crippen molar-refractivity contribution >= 4 is 21.9 Å². The molecule has 3 aromatic rings. The third-order valence-electron chi connectivity index (χ3n) is 3.63. The summed E-state index contributed by atoms with van der Waals surface area (Å²) in [5, 5.41) is 0. The lowest BCUT2D eigenvalue weighted by Crippen LogP contribution is -2.02. The van der Waals surface area contributed by atoms with Gasteiger partial charge in [-0.15, -0.1) is 0 Å². The van der Waals surface area contributed by atoms with Gasteiger partial charge in [-0.3, -0.25) is 0 Å². The minimum atomic E-state index is -0.396. The van der Waals surface area contributed by atoms with E-state index in [0.717, 1.165) is 11.3 Å². The predicted molar refractivity (Wildman–Crippen MR) is 96.5 cm³/mol. The van der Waals surface area contributed by atoms with Gasteiger partial charge in [-0.2, -0.15) is 0 Å². The maximum absolute atomic E-state index is 11.5. The number of carbonyl (C=O) groups excluding carboxylic acids is 1. The molecule has 0 radical (unpaired) electrons. The zero-order chi connectivity index (χ0) is 17.8. The Kier molecular flexibility index (Phi) is 5.19. The average molecular weight is 402 g/mol. The molecule has 3 rings (SSSR count). The van der Waals surface area contributed by atoms with E-state index in [1.165, 1.54) is 7.11 Å². The molecular formula is C19H16BrNO4. The second-order valence-electron chi connectivity index (χ2n) is 5.31. The molecule has 25 heavy (non-hydrogen) atoms. The molecule has 2 aromatic carbocycles. The van der Waals surface area contributed by atoms with Crippen molar-refractivity contribution in [3.63, 3.8) is 0 Å². The summed E-state index contributed by atoms with van der Waals surface area (Å²) < 4.78 is 16.9. The molecule has 128 valence electrons. The third-order valence-corrected chi connectivity index (χ3v) is 4.25. The van der Waals surface area contributed by atoms with E-state index in [1.807, 2.05) is 37.3 Å². The molecule has 0 N–H and O–H groups in total. The Labute approximate surface area is 153 Å². The predicted octanol–water partition coefficient (Wildman–Crippen LogP) is 4.78. The van der Waals surface area contributed by atoms with E-state index in [1.54, 1.807) is 18.2 Å². The van der Waals surface area contributed by atoms with Gasteiger partial charge in [0.15, 0.2) is 0 Å². The van der Waals surface area contributed by atoms with E-state index in [9.17, 15) is 4.79 Å². The van der Waals surface area contributed by atoms with E-state index < -0.39 is 5.97 Å². The fourth-order valence-electron chi connectivity index (χ4n) is 2.27. The Balaban J connectivity index is 1.74. The van der Waals surface area contributed by atoms with Gasteiger partial charge in [0.1, 0.15) is 23.8 Å². The Hall–Kier alpha value is -2.60. The second-order valence-corrected chi connectivity index (χ2v) is 6.17. The average Bonchev–Trinajstić information content (AvgIpc) is 3.01. The Morgan fingerprint density at radius 3 is 2.64 bits per heavy atom. The molecule has 0 bridgehead atoms. The van der Waals surface area contributed by atoms with E-state index in [2.05, 4.69) is 20.9 Å². The number of methoxy groups -OCH3 is 1. The first kappa shape index (κ1) is 17.2. The number of oxazole rings is 1. The highest BCUT2D eigenvalue weighted by Crippen LogP contribution is 2.28. The number of aryl methyl sites for hydroxylation is 1. The lowest BCUT2D eigenvalue weighted by atomic mass is 10.2. The first-order valence-corrected chi connectivity index (χ1v) is 8.40. The Morgan fingerprint density at radius 1 is 1.20 bits per heavy atom. The molecule has 6 heteroatoms. The van der Waals surface area contributed by atoms with Gasteiger partial charge in [0, 0.05) is 5.56 Å². The highest BCUT2D eigenvalue weighted by atomic mass is 79.9. The van der Waals surface area contributed by atoms with Crippen LogP contribution in [0.25, 0.3) is 11.5 Å². The van der Waals surface area contributed by atoms with Crippen LogP contribution < -0.4 is 4.74 Å². The number of hydrogen-bond donors (Lipinski definition) is 0. The normalized spacial score (nSPS) is 10.5. The maximum atomic E-state index is 11.5. The van der Waals surface area contributed by atoms with E-state index >= 15 is 0 Å². The fourth-order valence-corrected chi connectivity index (χ4v) is 2.77. The standard InChI is InChI=1S/C19H16BrNO4/c1-12-16(21-18(25-12)13-6-4-3-5-7-13)11-24-17-9-8-14(10-15(17)20)19(22)23-2/h3-10H,11H2,1-2H3. The summed E-state index contributed by atoms with van der Waals surface area (Å²) in [4.78, 5) is 16.0. The van der Waals surface area contributed by atoms with Crippen molar-refractivity contribution in [1.82, 2.24) is 4.98 Å². The minimum absolute atomic E-state index is 0.262. The molecule has 0 aliphatic rings. The zero-order valence-corrected chi connectivity index (χ0v) is 15.4. The Bertz CT molecular complexity index is 890. The van der Waals surface area contributed by atoms with Gasteiger partial charge in [0.2, 0.25) is 5.89 Å². The van der Waals surface area contributed by atoms with Crippen LogP contribution in [0.1, 0.15) is 21.8 Å². The van der Waals surface area contributed by atoms with Crippen molar-refractivity contribution in [3.8, 4) is 17.2 Å². The number of esters is 1. The highest BCUT2D eigenvalue weighted by molar-refractivity contribution is 9.10. The van der Waals surface area contributed by atoms with Gasteiger partial charge in [0.05, 0.1) is 17.1 Å². The number of nitrogens with zero attached hydrogens (tertiary/aromatic N) is 1. The van der Waals surface area contributed by atoms with Crippen molar-refractivity contribution in [2.45, 2.75) is 13.5 Å². The van der Waals surface area contributed by atoms with E-state index in [4.69, 9.17) is 13.9 Å². The van der Waals surface area contributed by atoms with Crippen molar-refractivity contribution in [2.75, 3.05) is 7.11 Å². The number of carbonyl (C=O) groups is 1. The SMILES string of the molecule is COC(=O)c1ccc(OCc2nc(-c3ccccc3)oc2C)c(Br)c1. The zero-order valence-electron chi connectivity index (χ0n) is 13.8. The lowest BCUT2D eigenvalue weighted by Gasteiger charge is -2.08. The van der Waals surface area contributed by atoms with Crippen molar-refractivity contribution in [1.29, 1.82) is 0 Å². The molecule has 5 nitrogen and oxygen atoms in total. The first-order valence-electron chi connectivity index (χ1n) is 7.61. The van der Waals surface area contributed by atoms with Gasteiger partial charge >= 0.3 is 5.97 Å². The molecule has 0 atom stereocenters. The van der Waals surface area contributed by atoms with Gasteiger partial charge in [-0.05, 0) is 53.2 Å². The maximum Gasteiger partial charge on any atom is 0.337 e. The number of rotatable bonds is 5. The fraction of sp³-hybridized carbons (Fsp3) is 0.158. The van der Waals surface area contributed by atoms with Crippen LogP contribution in [-0.4, -0.2) is 18.1 Å². The van der Waals surface area contributed by atoms with Gasteiger partial charge in [-0.25, -0.2) is 9.78 Å². The smallest absolute Gasteiger partial charge is 0.337 e. The van der Waals surface area contributed by atoms with E-state index in [-0.39, 0.29) is 6.61 Å². The van der Waals surface area contributed by atoms with Gasteiger partial charge in [-0.1, -0.05) is 18.2 Å². The number of benzene rings is 2. The molecule has 0 spiro atoms. The first-order chi connectivity index (χ1) is 12.1. The number of hydrogen-bond acceptors (Lipinski definition) is 5. The van der Waals surface area contributed by atoms with Gasteiger partial charge < -0.3 is 13.9 Å². The number of ether oxygens (including phenoxy) is 2. The van der Waals surface area contributed by atoms with E-state index in [0.29, 0.717) is 27.4 Å². The number of halogens is 1. The van der Waals surface area contributed by atoms with Crippen LogP contribution in [0.15, 0.2) is 57.4 Å². The summed E-state index contributed by atoms with van der Waals surface area (Å²) in [6.07, 6.45) is 0. The van der Waals surface area contributed by atoms with Crippen LogP contribution in [0.4, 0.5) is 0 Å². The van der Waals surface area contributed by atoms with Crippen LogP contribution in [-0.2, 0) is 11.3 Å². The molecular weight excluding hydrogens is 386 g/mol. The summed E-state index contributed by atoms with van der Waals surface area (Å²) >= 11 is 3.40. The van der Waals surface area contributed by atoms with Crippen molar-refractivity contribution in [3.05, 3.63) is 70.0 Å². The van der Waals surface area contributed by atoms with Crippen LogP contribution >= 0.6 is 15.9 Å². The number of aromatic nitrogens is 1. The molecule has 0 saturated carbocycles. The molecule has 0 fully saturated rings. The van der Waals surface area contributed by atoms with Crippen LogP contribution in [0.3, 0.4) is 0 Å². The highest BCUT2D eigenvalue weighted by Gasteiger charge is 2.13. The van der Waals surface area contributed by atoms with Crippen LogP contribution in [0.5, 0.6) is 5.75 Å².